The van der Waals surface area contributed by atoms with Crippen LogP contribution >= 0.6 is 0 Å². The van der Waals surface area contributed by atoms with Crippen LogP contribution in [-0.4, -0.2) is 58.8 Å². The molecule has 1 fully saturated rings. The van der Waals surface area contributed by atoms with Crippen molar-refractivity contribution in [1.82, 2.24) is 0 Å². The maximum absolute atomic E-state index is 12.7. The van der Waals surface area contributed by atoms with Gasteiger partial charge in [0.1, 0.15) is 5.75 Å². The summed E-state index contributed by atoms with van der Waals surface area (Å²) in [5.74, 6) is 1.00. The van der Waals surface area contributed by atoms with Gasteiger partial charge in [-0.2, -0.15) is 0 Å². The van der Waals surface area contributed by atoms with Gasteiger partial charge in [-0.25, -0.2) is 0 Å². The topological polar surface area (TPSA) is 86.3 Å². The number of morpholine rings is 1. The first-order chi connectivity index (χ1) is 18.1. The van der Waals surface area contributed by atoms with Gasteiger partial charge in [-0.15, -0.1) is 0 Å². The average Bonchev–Trinajstić information content (AvgIpc) is 2.95. The monoisotopic (exact) mass is 502 g/mol. The summed E-state index contributed by atoms with van der Waals surface area (Å²) in [4.78, 5) is 27.3. The summed E-state index contributed by atoms with van der Waals surface area (Å²) in [6.07, 6.45) is 3.25. The van der Waals surface area contributed by atoms with E-state index in [0.29, 0.717) is 41.7 Å². The number of para-hydroxylation sites is 2. The van der Waals surface area contributed by atoms with E-state index in [0.717, 1.165) is 24.3 Å². The van der Waals surface area contributed by atoms with Crippen molar-refractivity contribution >= 4 is 29.1 Å². The van der Waals surface area contributed by atoms with Gasteiger partial charge in [0.05, 0.1) is 33.1 Å². The first kappa shape index (κ1) is 25.8. The number of hydrogen-bond donors (Lipinski definition) is 1. The van der Waals surface area contributed by atoms with Crippen LogP contribution in [0.15, 0.2) is 72.8 Å². The standard InChI is InChI=1S/C29H30N2O6/c1-34-26-6-4-3-5-24(26)30-29(33)20-37-27-14-8-21(19-28(27)35-2)7-13-25(32)22-9-11-23(12-10-22)31-15-17-36-18-16-31/h3-14,19H,15-18,20H2,1-2H3,(H,30,33)/b13-7+. The highest BCUT2D eigenvalue weighted by atomic mass is 16.5. The smallest absolute Gasteiger partial charge is 0.262 e. The van der Waals surface area contributed by atoms with Gasteiger partial charge in [0.2, 0.25) is 0 Å². The molecule has 0 bridgehead atoms. The molecule has 3 aromatic rings. The fourth-order valence-corrected chi connectivity index (χ4v) is 3.91. The molecule has 37 heavy (non-hydrogen) atoms. The van der Waals surface area contributed by atoms with Crippen molar-refractivity contribution in [3.8, 4) is 17.2 Å². The van der Waals surface area contributed by atoms with Crippen LogP contribution in [0.2, 0.25) is 0 Å². The molecule has 0 aliphatic carbocycles. The van der Waals surface area contributed by atoms with Crippen LogP contribution in [0.5, 0.6) is 17.2 Å². The molecule has 0 saturated carbocycles. The molecule has 0 spiro atoms. The zero-order chi connectivity index (χ0) is 26.0. The number of carbonyl (C=O) groups is 2. The van der Waals surface area contributed by atoms with E-state index in [4.69, 9.17) is 18.9 Å². The third-order valence-electron chi connectivity index (χ3n) is 5.88. The largest absolute Gasteiger partial charge is 0.495 e. The second kappa shape index (κ2) is 12.6. The van der Waals surface area contributed by atoms with E-state index in [1.165, 1.54) is 20.3 Å². The van der Waals surface area contributed by atoms with Gasteiger partial charge in [-0.3, -0.25) is 9.59 Å². The average molecular weight is 503 g/mol. The Bertz CT molecular complexity index is 1250. The second-order valence-electron chi connectivity index (χ2n) is 8.29. The number of methoxy groups -OCH3 is 2. The minimum Gasteiger partial charge on any atom is -0.495 e. The minimum absolute atomic E-state index is 0.0965. The molecule has 8 nitrogen and oxygen atoms in total. The number of allylic oxidation sites excluding steroid dienone is 1. The predicted molar refractivity (Wildman–Crippen MR) is 143 cm³/mol. The third-order valence-corrected chi connectivity index (χ3v) is 5.88. The quantitative estimate of drug-likeness (QED) is 0.324. The van der Waals surface area contributed by atoms with Crippen LogP contribution in [0.1, 0.15) is 15.9 Å². The van der Waals surface area contributed by atoms with Crippen molar-refractivity contribution in [3.05, 3.63) is 83.9 Å². The van der Waals surface area contributed by atoms with Crippen LogP contribution in [0.25, 0.3) is 6.08 Å². The summed E-state index contributed by atoms with van der Waals surface area (Å²) in [6.45, 7) is 2.92. The molecule has 1 amide bonds. The molecule has 3 aromatic carbocycles. The number of benzene rings is 3. The number of carbonyl (C=O) groups excluding carboxylic acids is 2. The van der Waals surface area contributed by atoms with Crippen molar-refractivity contribution in [1.29, 1.82) is 0 Å². The highest BCUT2D eigenvalue weighted by molar-refractivity contribution is 6.07. The predicted octanol–water partition coefficient (Wildman–Crippen LogP) is 4.45. The molecule has 1 saturated heterocycles. The summed E-state index contributed by atoms with van der Waals surface area (Å²) in [7, 11) is 3.06. The van der Waals surface area contributed by atoms with E-state index in [2.05, 4.69) is 10.2 Å². The summed E-state index contributed by atoms with van der Waals surface area (Å²) in [6, 6.07) is 20.0. The molecule has 1 heterocycles. The van der Waals surface area contributed by atoms with Crippen molar-refractivity contribution in [3.63, 3.8) is 0 Å². The fourth-order valence-electron chi connectivity index (χ4n) is 3.91. The zero-order valence-electron chi connectivity index (χ0n) is 20.9. The Kier molecular flexibility index (Phi) is 8.78. The fraction of sp³-hybridized carbons (Fsp3) is 0.241. The first-order valence-corrected chi connectivity index (χ1v) is 12.0. The molecule has 8 heteroatoms. The lowest BCUT2D eigenvalue weighted by Crippen LogP contribution is -2.36. The van der Waals surface area contributed by atoms with Gasteiger partial charge in [0.25, 0.3) is 5.91 Å². The lowest BCUT2D eigenvalue weighted by molar-refractivity contribution is -0.118. The summed E-state index contributed by atoms with van der Waals surface area (Å²) >= 11 is 0. The Morgan fingerprint density at radius 1 is 0.919 bits per heavy atom. The van der Waals surface area contributed by atoms with E-state index in [-0.39, 0.29) is 18.3 Å². The van der Waals surface area contributed by atoms with Crippen LogP contribution < -0.4 is 24.4 Å². The highest BCUT2D eigenvalue weighted by Crippen LogP contribution is 2.29. The lowest BCUT2D eigenvalue weighted by Gasteiger charge is -2.28. The van der Waals surface area contributed by atoms with Crippen molar-refractivity contribution < 1.29 is 28.5 Å². The van der Waals surface area contributed by atoms with Gasteiger partial charge < -0.3 is 29.2 Å². The van der Waals surface area contributed by atoms with Crippen LogP contribution in [0, 0.1) is 0 Å². The van der Waals surface area contributed by atoms with Crippen LogP contribution in [-0.2, 0) is 9.53 Å². The normalized spacial score (nSPS) is 13.3. The highest BCUT2D eigenvalue weighted by Gasteiger charge is 2.13. The summed E-state index contributed by atoms with van der Waals surface area (Å²) < 4.78 is 21.7. The van der Waals surface area contributed by atoms with Gasteiger partial charge in [0.15, 0.2) is 23.9 Å². The molecule has 1 N–H and O–H groups in total. The SMILES string of the molecule is COc1ccccc1NC(=O)COc1ccc(/C=C/C(=O)c2ccc(N3CCOCC3)cc2)cc1OC. The van der Waals surface area contributed by atoms with Crippen LogP contribution in [0.4, 0.5) is 11.4 Å². The van der Waals surface area contributed by atoms with Gasteiger partial charge >= 0.3 is 0 Å². The number of rotatable bonds is 10. The number of nitrogens with zero attached hydrogens (tertiary/aromatic N) is 1. The molecule has 4 rings (SSSR count). The maximum Gasteiger partial charge on any atom is 0.262 e. The van der Waals surface area contributed by atoms with Gasteiger partial charge in [-0.1, -0.05) is 24.3 Å². The first-order valence-electron chi connectivity index (χ1n) is 12.0. The van der Waals surface area contributed by atoms with Crippen LogP contribution in [0.3, 0.4) is 0 Å². The Morgan fingerprint density at radius 2 is 1.65 bits per heavy atom. The van der Waals surface area contributed by atoms with E-state index in [1.54, 1.807) is 42.5 Å². The molecule has 0 atom stereocenters. The van der Waals surface area contributed by atoms with E-state index in [1.807, 2.05) is 30.3 Å². The van der Waals surface area contributed by atoms with E-state index >= 15 is 0 Å². The van der Waals surface area contributed by atoms with Gasteiger partial charge in [0, 0.05) is 24.3 Å². The Morgan fingerprint density at radius 3 is 2.38 bits per heavy atom. The van der Waals surface area contributed by atoms with E-state index in [9.17, 15) is 9.59 Å². The summed E-state index contributed by atoms with van der Waals surface area (Å²) in [5, 5.41) is 2.76. The number of hydrogen-bond acceptors (Lipinski definition) is 7. The lowest BCUT2D eigenvalue weighted by atomic mass is 10.1. The van der Waals surface area contributed by atoms with Gasteiger partial charge in [-0.05, 0) is 60.2 Å². The van der Waals surface area contributed by atoms with Crippen molar-refractivity contribution in [2.75, 3.05) is 57.3 Å². The number of ketones is 1. The molecule has 0 aromatic heterocycles. The molecule has 1 aliphatic heterocycles. The molecule has 1 aliphatic rings. The second-order valence-corrected chi connectivity index (χ2v) is 8.29. The molecule has 0 unspecified atom stereocenters. The molecule has 0 radical (unpaired) electrons. The molecular formula is C29H30N2O6. The van der Waals surface area contributed by atoms with E-state index < -0.39 is 0 Å². The number of amides is 1. The number of anilines is 2. The minimum atomic E-state index is -0.333. The number of nitrogens with one attached hydrogen (secondary N) is 1. The number of ether oxygens (including phenoxy) is 4. The molecular weight excluding hydrogens is 472 g/mol. The molecule has 192 valence electrons. The summed E-state index contributed by atoms with van der Waals surface area (Å²) in [5.41, 5.74) is 3.02. The van der Waals surface area contributed by atoms with Crippen molar-refractivity contribution in [2.24, 2.45) is 0 Å². The Labute approximate surface area is 216 Å². The Hall–Kier alpha value is -4.30. The van der Waals surface area contributed by atoms with Crippen molar-refractivity contribution in [2.45, 2.75) is 0 Å². The maximum atomic E-state index is 12.7. The third kappa shape index (κ3) is 6.89. The zero-order valence-corrected chi connectivity index (χ0v) is 20.9. The Balaban J connectivity index is 1.34.